The highest BCUT2D eigenvalue weighted by Gasteiger charge is 2.39. The Hall–Kier alpha value is -0.570. The lowest BCUT2D eigenvalue weighted by molar-refractivity contribution is -0.122. The molecule has 0 aliphatic heterocycles. The summed E-state index contributed by atoms with van der Waals surface area (Å²) in [5.74, 6) is 2.80. The molecule has 2 bridgehead atoms. The summed E-state index contributed by atoms with van der Waals surface area (Å²) in [6.07, 6.45) is 11.8. The minimum absolute atomic E-state index is 0.187. The van der Waals surface area contributed by atoms with E-state index in [1.807, 2.05) is 0 Å². The molecular weight excluding hydrogens is 236 g/mol. The van der Waals surface area contributed by atoms with Crippen LogP contribution in [-0.4, -0.2) is 18.0 Å². The van der Waals surface area contributed by atoms with Crippen molar-refractivity contribution in [1.29, 1.82) is 0 Å². The van der Waals surface area contributed by atoms with E-state index in [0.717, 1.165) is 37.1 Å². The zero-order valence-electron chi connectivity index (χ0n) is 12.0. The summed E-state index contributed by atoms with van der Waals surface area (Å²) in [6, 6.07) is 0. The summed E-state index contributed by atoms with van der Waals surface area (Å²) in [4.78, 5) is 12.1. The van der Waals surface area contributed by atoms with Gasteiger partial charge in [0.15, 0.2) is 0 Å². The van der Waals surface area contributed by atoms with Gasteiger partial charge in [-0.3, -0.25) is 4.79 Å². The number of amides is 1. The van der Waals surface area contributed by atoms with Gasteiger partial charge >= 0.3 is 0 Å². The number of hydrogen-bond acceptors (Lipinski definition) is 2. The van der Waals surface area contributed by atoms with Crippen LogP contribution in [-0.2, 0) is 4.79 Å². The van der Waals surface area contributed by atoms with E-state index >= 15 is 0 Å². The fraction of sp³-hybridized carbons (Fsp3) is 0.938. The van der Waals surface area contributed by atoms with Gasteiger partial charge in [0, 0.05) is 18.5 Å². The van der Waals surface area contributed by atoms with E-state index in [-0.39, 0.29) is 11.4 Å². The van der Waals surface area contributed by atoms with Crippen LogP contribution in [0.5, 0.6) is 0 Å². The van der Waals surface area contributed by atoms with Gasteiger partial charge in [-0.2, -0.15) is 0 Å². The maximum Gasteiger partial charge on any atom is 0.221 e. The van der Waals surface area contributed by atoms with Gasteiger partial charge in [0.05, 0.1) is 0 Å². The standard InChI is InChI=1S/C16H28N2O/c17-16(6-2-1-3-7-16)10-15(19)18-11-14-9-12-4-5-13(14)8-12/h12-14H,1-11,17H2,(H,18,19). The third-order valence-electron chi connectivity index (χ3n) is 5.81. The topological polar surface area (TPSA) is 55.1 Å². The van der Waals surface area contributed by atoms with E-state index in [4.69, 9.17) is 5.73 Å². The van der Waals surface area contributed by atoms with E-state index in [2.05, 4.69) is 5.32 Å². The summed E-state index contributed by atoms with van der Waals surface area (Å²) in [7, 11) is 0. The first kappa shape index (κ1) is 13.4. The van der Waals surface area contributed by atoms with Crippen LogP contribution in [0.25, 0.3) is 0 Å². The lowest BCUT2D eigenvalue weighted by Crippen LogP contribution is -2.46. The Balaban J connectivity index is 1.41. The summed E-state index contributed by atoms with van der Waals surface area (Å²) >= 11 is 0. The normalized spacial score (nSPS) is 36.4. The molecule has 3 unspecified atom stereocenters. The Bertz CT molecular complexity index is 336. The molecule has 108 valence electrons. The van der Waals surface area contributed by atoms with Gasteiger partial charge in [-0.15, -0.1) is 0 Å². The summed E-state index contributed by atoms with van der Waals surface area (Å²) in [5, 5.41) is 3.16. The Morgan fingerprint density at radius 1 is 1.16 bits per heavy atom. The summed E-state index contributed by atoms with van der Waals surface area (Å²) in [6.45, 7) is 0.899. The first-order valence-corrected chi connectivity index (χ1v) is 8.20. The highest BCUT2D eigenvalue weighted by atomic mass is 16.1. The zero-order chi connectivity index (χ0) is 13.3. The molecule has 3 fully saturated rings. The molecule has 0 spiro atoms. The highest BCUT2D eigenvalue weighted by molar-refractivity contribution is 5.77. The third kappa shape index (κ3) is 3.13. The van der Waals surface area contributed by atoms with Gasteiger partial charge in [0.25, 0.3) is 0 Å². The Kier molecular flexibility index (Phi) is 3.84. The number of carbonyl (C=O) groups is 1. The second-order valence-electron chi connectivity index (χ2n) is 7.34. The molecule has 3 N–H and O–H groups in total. The molecule has 3 atom stereocenters. The average Bonchev–Trinajstić information content (AvgIpc) is 2.99. The molecule has 3 aliphatic rings. The third-order valence-corrected chi connectivity index (χ3v) is 5.81. The molecule has 0 aromatic heterocycles. The monoisotopic (exact) mass is 264 g/mol. The van der Waals surface area contributed by atoms with Crippen molar-refractivity contribution in [2.24, 2.45) is 23.5 Å². The first-order valence-electron chi connectivity index (χ1n) is 8.20. The van der Waals surface area contributed by atoms with Gasteiger partial charge in [0.2, 0.25) is 5.91 Å². The van der Waals surface area contributed by atoms with Crippen molar-refractivity contribution < 1.29 is 4.79 Å². The molecule has 0 aromatic carbocycles. The van der Waals surface area contributed by atoms with Crippen LogP contribution in [0, 0.1) is 17.8 Å². The lowest BCUT2D eigenvalue weighted by atomic mass is 9.80. The second kappa shape index (κ2) is 5.43. The van der Waals surface area contributed by atoms with Crippen LogP contribution in [0.2, 0.25) is 0 Å². The van der Waals surface area contributed by atoms with Crippen molar-refractivity contribution in [3.05, 3.63) is 0 Å². The van der Waals surface area contributed by atoms with Gasteiger partial charge < -0.3 is 11.1 Å². The maximum absolute atomic E-state index is 12.1. The molecule has 3 aliphatic carbocycles. The second-order valence-corrected chi connectivity index (χ2v) is 7.34. The lowest BCUT2D eigenvalue weighted by Gasteiger charge is -2.33. The summed E-state index contributed by atoms with van der Waals surface area (Å²) < 4.78 is 0. The van der Waals surface area contributed by atoms with Crippen molar-refractivity contribution in [3.63, 3.8) is 0 Å². The SMILES string of the molecule is NC1(CC(=O)NCC2CC3CCC2C3)CCCCC1. The predicted molar refractivity (Wildman–Crippen MR) is 76.6 cm³/mol. The van der Waals surface area contributed by atoms with Crippen molar-refractivity contribution in [3.8, 4) is 0 Å². The number of fused-ring (bicyclic) bond motifs is 2. The molecule has 0 heterocycles. The quantitative estimate of drug-likeness (QED) is 0.820. The van der Waals surface area contributed by atoms with Crippen molar-refractivity contribution in [1.82, 2.24) is 5.32 Å². The van der Waals surface area contributed by atoms with Gasteiger partial charge in [-0.05, 0) is 49.9 Å². The van der Waals surface area contributed by atoms with Crippen LogP contribution in [0.4, 0.5) is 0 Å². The van der Waals surface area contributed by atoms with Crippen molar-refractivity contribution in [2.75, 3.05) is 6.54 Å². The minimum atomic E-state index is -0.211. The molecule has 3 heteroatoms. The number of rotatable bonds is 4. The van der Waals surface area contributed by atoms with Gasteiger partial charge in [-0.25, -0.2) is 0 Å². The molecule has 3 rings (SSSR count). The number of nitrogens with two attached hydrogens (primary N) is 1. The molecule has 0 saturated heterocycles. The number of carbonyl (C=O) groups excluding carboxylic acids is 1. The van der Waals surface area contributed by atoms with Crippen molar-refractivity contribution in [2.45, 2.75) is 69.7 Å². The molecule has 3 saturated carbocycles. The Morgan fingerprint density at radius 3 is 2.58 bits per heavy atom. The van der Waals surface area contributed by atoms with Crippen LogP contribution in [0.3, 0.4) is 0 Å². The molecular formula is C16H28N2O. The average molecular weight is 264 g/mol. The van der Waals surface area contributed by atoms with Gasteiger partial charge in [0.1, 0.15) is 0 Å². The van der Waals surface area contributed by atoms with Crippen molar-refractivity contribution >= 4 is 5.91 Å². The van der Waals surface area contributed by atoms with E-state index in [1.165, 1.54) is 44.9 Å². The maximum atomic E-state index is 12.1. The predicted octanol–water partition coefficient (Wildman–Crippen LogP) is 2.59. The van der Waals surface area contributed by atoms with E-state index in [0.29, 0.717) is 6.42 Å². The fourth-order valence-electron chi connectivity index (χ4n) is 4.69. The molecule has 3 nitrogen and oxygen atoms in total. The van der Waals surface area contributed by atoms with Crippen LogP contribution in [0.1, 0.15) is 64.2 Å². The van der Waals surface area contributed by atoms with E-state index in [9.17, 15) is 4.79 Å². The fourth-order valence-corrected chi connectivity index (χ4v) is 4.69. The smallest absolute Gasteiger partial charge is 0.221 e. The van der Waals surface area contributed by atoms with E-state index < -0.39 is 0 Å². The molecule has 19 heavy (non-hydrogen) atoms. The highest BCUT2D eigenvalue weighted by Crippen LogP contribution is 2.47. The first-order chi connectivity index (χ1) is 9.15. The Labute approximate surface area is 116 Å². The number of nitrogens with one attached hydrogen (secondary N) is 1. The minimum Gasteiger partial charge on any atom is -0.356 e. The van der Waals surface area contributed by atoms with Crippen LogP contribution < -0.4 is 11.1 Å². The van der Waals surface area contributed by atoms with Gasteiger partial charge in [-0.1, -0.05) is 25.7 Å². The Morgan fingerprint density at radius 2 is 1.95 bits per heavy atom. The van der Waals surface area contributed by atoms with E-state index in [1.54, 1.807) is 0 Å². The molecule has 0 aromatic rings. The molecule has 0 radical (unpaired) electrons. The largest absolute Gasteiger partial charge is 0.356 e. The number of hydrogen-bond donors (Lipinski definition) is 2. The van der Waals surface area contributed by atoms with Crippen LogP contribution >= 0.6 is 0 Å². The molecule has 1 amide bonds. The summed E-state index contributed by atoms with van der Waals surface area (Å²) in [5.41, 5.74) is 6.13. The van der Waals surface area contributed by atoms with Crippen LogP contribution in [0.15, 0.2) is 0 Å². The zero-order valence-corrected chi connectivity index (χ0v) is 12.0.